The Balaban J connectivity index is 2.30. The number of hydrogen-bond donors (Lipinski definition) is 1. The zero-order chi connectivity index (χ0) is 20.7. The maximum Gasteiger partial charge on any atom is 0.521 e. The lowest BCUT2D eigenvalue weighted by Crippen LogP contribution is -2.66. The number of esters is 2. The van der Waals surface area contributed by atoms with Gasteiger partial charge in [0.15, 0.2) is 0 Å². The summed E-state index contributed by atoms with van der Waals surface area (Å²) in [4.78, 5) is 46.3. The normalized spacial score (nSPS) is 26.9. The Morgan fingerprint density at radius 1 is 1.14 bits per heavy atom. The molecule has 2 amide bonds. The predicted molar refractivity (Wildman–Crippen MR) is 94.8 cm³/mol. The summed E-state index contributed by atoms with van der Waals surface area (Å²) in [6.45, 7) is 1.99. The van der Waals surface area contributed by atoms with E-state index in [2.05, 4.69) is 0 Å². The lowest BCUT2D eigenvalue weighted by Gasteiger charge is -2.42. The molecule has 0 spiro atoms. The third kappa shape index (κ3) is 5.37. The molecule has 1 N–H and O–H groups in total. The van der Waals surface area contributed by atoms with Crippen molar-refractivity contribution in [1.29, 1.82) is 0 Å². The number of ether oxygens (including phenoxy) is 3. The van der Waals surface area contributed by atoms with E-state index in [0.29, 0.717) is 6.41 Å². The third-order valence-electron chi connectivity index (χ3n) is 4.59. The van der Waals surface area contributed by atoms with Gasteiger partial charge in [-0.05, 0) is 5.56 Å². The molecule has 152 valence electrons. The topological polar surface area (TPSA) is 116 Å². The smallest absolute Gasteiger partial charge is 0.465 e. The van der Waals surface area contributed by atoms with Gasteiger partial charge in [-0.3, -0.25) is 9.59 Å². The summed E-state index contributed by atoms with van der Waals surface area (Å²) in [5.41, 5.74) is 0.839. The summed E-state index contributed by atoms with van der Waals surface area (Å²) in [5, 5.41) is 9.63. The summed E-state index contributed by atoms with van der Waals surface area (Å²) in [7, 11) is 0. The van der Waals surface area contributed by atoms with Gasteiger partial charge in [0.2, 0.25) is 0 Å². The van der Waals surface area contributed by atoms with Crippen molar-refractivity contribution < 1.29 is 43.0 Å². The Labute approximate surface area is 162 Å². The van der Waals surface area contributed by atoms with Gasteiger partial charge in [0.1, 0.15) is 31.9 Å². The first-order valence-corrected chi connectivity index (χ1v) is 8.80. The maximum absolute atomic E-state index is 11.8. The summed E-state index contributed by atoms with van der Waals surface area (Å²) in [6, 6.07) is 9.17. The van der Waals surface area contributed by atoms with Crippen LogP contribution in [-0.2, 0) is 35.2 Å². The molecular formula is C19H24NO8+. The average Bonchev–Trinajstić information content (AvgIpc) is 2.66. The second-order valence-electron chi connectivity index (χ2n) is 6.76. The molecule has 2 rings (SSSR count). The predicted octanol–water partition coefficient (Wildman–Crippen LogP) is 1.35. The standard InChI is InChI=1S/C19H23NO8/c1-13(22)26-11-16-8-20(12-21,19(24)25)9-17(18(16)28-14(2)23)27-10-15-6-4-3-5-7-15/h3-7,12,16-18H,8-11H2,1-2H3/p+1. The van der Waals surface area contributed by atoms with E-state index in [0.717, 1.165) is 5.56 Å². The molecular weight excluding hydrogens is 370 g/mol. The zero-order valence-electron chi connectivity index (χ0n) is 15.8. The third-order valence-corrected chi connectivity index (χ3v) is 4.59. The Morgan fingerprint density at radius 3 is 2.36 bits per heavy atom. The van der Waals surface area contributed by atoms with Crippen LogP contribution in [0.3, 0.4) is 0 Å². The van der Waals surface area contributed by atoms with E-state index in [-0.39, 0.29) is 26.3 Å². The van der Waals surface area contributed by atoms with Gasteiger partial charge in [0.25, 0.3) is 0 Å². The van der Waals surface area contributed by atoms with Crippen LogP contribution in [0.2, 0.25) is 0 Å². The highest BCUT2D eigenvalue weighted by Crippen LogP contribution is 2.29. The molecule has 0 radical (unpaired) electrons. The van der Waals surface area contributed by atoms with Crippen molar-refractivity contribution in [2.75, 3.05) is 19.7 Å². The molecule has 1 aliphatic heterocycles. The van der Waals surface area contributed by atoms with E-state index in [1.54, 1.807) is 0 Å². The minimum atomic E-state index is -1.35. The van der Waals surface area contributed by atoms with E-state index in [1.165, 1.54) is 13.8 Å². The molecule has 9 nitrogen and oxygen atoms in total. The molecule has 1 heterocycles. The van der Waals surface area contributed by atoms with E-state index < -0.39 is 40.6 Å². The van der Waals surface area contributed by atoms with Crippen LogP contribution in [0.4, 0.5) is 4.79 Å². The van der Waals surface area contributed by atoms with Crippen molar-refractivity contribution in [1.82, 2.24) is 0 Å². The molecule has 4 unspecified atom stereocenters. The minimum Gasteiger partial charge on any atom is -0.465 e. The summed E-state index contributed by atoms with van der Waals surface area (Å²) in [5.74, 6) is -1.86. The second-order valence-corrected chi connectivity index (χ2v) is 6.76. The fourth-order valence-corrected chi connectivity index (χ4v) is 3.27. The number of nitrogens with zero attached hydrogens (tertiary/aromatic N) is 1. The van der Waals surface area contributed by atoms with Gasteiger partial charge in [0.05, 0.1) is 12.5 Å². The Bertz CT molecular complexity index is 722. The largest absolute Gasteiger partial charge is 0.521 e. The van der Waals surface area contributed by atoms with Crippen molar-refractivity contribution >= 4 is 24.4 Å². The van der Waals surface area contributed by atoms with Gasteiger partial charge in [-0.25, -0.2) is 4.79 Å². The van der Waals surface area contributed by atoms with Crippen molar-refractivity contribution in [3.05, 3.63) is 35.9 Å². The first-order valence-electron chi connectivity index (χ1n) is 8.80. The molecule has 0 aromatic heterocycles. The maximum atomic E-state index is 11.8. The zero-order valence-corrected chi connectivity index (χ0v) is 15.8. The van der Waals surface area contributed by atoms with Crippen LogP contribution >= 0.6 is 0 Å². The summed E-state index contributed by atoms with van der Waals surface area (Å²) >= 11 is 0. The van der Waals surface area contributed by atoms with E-state index in [1.807, 2.05) is 30.3 Å². The molecule has 4 atom stereocenters. The van der Waals surface area contributed by atoms with Gasteiger partial charge in [-0.15, -0.1) is 0 Å². The van der Waals surface area contributed by atoms with Gasteiger partial charge in [0, 0.05) is 13.8 Å². The molecule has 1 saturated heterocycles. The highest BCUT2D eigenvalue weighted by molar-refractivity contribution is 5.68. The van der Waals surface area contributed by atoms with Crippen molar-refractivity contribution in [3.8, 4) is 0 Å². The number of benzene rings is 1. The molecule has 1 aromatic carbocycles. The number of amides is 2. The lowest BCUT2D eigenvalue weighted by atomic mass is 9.91. The van der Waals surface area contributed by atoms with Crippen LogP contribution in [0.15, 0.2) is 30.3 Å². The van der Waals surface area contributed by atoms with Gasteiger partial charge in [-0.1, -0.05) is 30.3 Å². The number of carbonyl (C=O) groups is 4. The quantitative estimate of drug-likeness (QED) is 0.418. The number of imide groups is 1. The number of hydrogen-bond acceptors (Lipinski definition) is 7. The lowest BCUT2D eigenvalue weighted by molar-refractivity contribution is -0.790. The van der Waals surface area contributed by atoms with Crippen LogP contribution in [0.1, 0.15) is 19.4 Å². The molecule has 1 aromatic rings. The molecule has 1 fully saturated rings. The van der Waals surface area contributed by atoms with Crippen molar-refractivity contribution in [2.45, 2.75) is 32.7 Å². The number of carboxylic acid groups (broad SMARTS) is 1. The van der Waals surface area contributed by atoms with E-state index in [4.69, 9.17) is 14.2 Å². The fourth-order valence-electron chi connectivity index (χ4n) is 3.27. The van der Waals surface area contributed by atoms with Gasteiger partial charge < -0.3 is 19.3 Å². The average molecular weight is 394 g/mol. The Morgan fingerprint density at radius 2 is 1.82 bits per heavy atom. The summed E-state index contributed by atoms with van der Waals surface area (Å²) < 4.78 is 15.3. The first-order chi connectivity index (χ1) is 13.3. The Kier molecular flexibility index (Phi) is 7.24. The summed E-state index contributed by atoms with van der Waals surface area (Å²) in [6.07, 6.45) is -2.75. The molecule has 28 heavy (non-hydrogen) atoms. The second kappa shape index (κ2) is 9.43. The van der Waals surface area contributed by atoms with Crippen LogP contribution in [0, 0.1) is 5.92 Å². The van der Waals surface area contributed by atoms with Gasteiger partial charge >= 0.3 is 24.4 Å². The molecule has 0 aliphatic carbocycles. The Hall–Kier alpha value is -2.78. The molecule has 0 bridgehead atoms. The highest BCUT2D eigenvalue weighted by Gasteiger charge is 2.53. The van der Waals surface area contributed by atoms with Gasteiger partial charge in [-0.2, -0.15) is 9.28 Å². The van der Waals surface area contributed by atoms with E-state index >= 15 is 0 Å². The van der Waals surface area contributed by atoms with Crippen molar-refractivity contribution in [2.24, 2.45) is 5.92 Å². The van der Waals surface area contributed by atoms with Crippen LogP contribution < -0.4 is 0 Å². The minimum absolute atomic E-state index is 0.141. The molecule has 1 aliphatic rings. The molecule has 0 saturated carbocycles. The molecule has 9 heteroatoms. The number of piperidine rings is 1. The number of likely N-dealkylation sites (tertiary alicyclic amines) is 1. The van der Waals surface area contributed by atoms with Crippen LogP contribution in [0.5, 0.6) is 0 Å². The monoisotopic (exact) mass is 394 g/mol. The number of rotatable bonds is 7. The van der Waals surface area contributed by atoms with Crippen LogP contribution in [0.25, 0.3) is 0 Å². The number of carbonyl (C=O) groups excluding carboxylic acids is 3. The van der Waals surface area contributed by atoms with E-state index in [9.17, 15) is 24.3 Å². The fraction of sp³-hybridized carbons (Fsp3) is 0.474. The van der Waals surface area contributed by atoms with Crippen LogP contribution in [-0.4, -0.2) is 65.9 Å². The highest BCUT2D eigenvalue weighted by atomic mass is 16.6. The SMILES string of the molecule is CC(=O)OCC1C[N+](C=O)(C(=O)O)CC(OCc2ccccc2)C1OC(C)=O. The first kappa shape index (κ1) is 21.5. The number of quaternary nitrogens is 1. The van der Waals surface area contributed by atoms with Crippen molar-refractivity contribution in [3.63, 3.8) is 0 Å².